The van der Waals surface area contributed by atoms with Gasteiger partial charge in [-0.1, -0.05) is 0 Å². The van der Waals surface area contributed by atoms with Crippen LogP contribution in [0.3, 0.4) is 0 Å². The van der Waals surface area contributed by atoms with Crippen molar-refractivity contribution in [2.75, 3.05) is 30.3 Å². The van der Waals surface area contributed by atoms with E-state index in [4.69, 9.17) is 5.73 Å². The van der Waals surface area contributed by atoms with E-state index in [9.17, 15) is 16.8 Å². The van der Waals surface area contributed by atoms with Gasteiger partial charge in [0.25, 0.3) is 10.0 Å². The Bertz CT molecular complexity index is 626. The van der Waals surface area contributed by atoms with Gasteiger partial charge in [0, 0.05) is 23.7 Å². The van der Waals surface area contributed by atoms with Crippen molar-refractivity contribution in [1.82, 2.24) is 4.31 Å². The Kier molecular flexibility index (Phi) is 3.43. The summed E-state index contributed by atoms with van der Waals surface area (Å²) >= 11 is 1.11. The SMILES string of the molecule is Cc1sc(S(=O)(=O)N2CCS(=O)(=O)CC2)cc1N. The number of nitrogens with two attached hydrogens (primary N) is 1. The van der Waals surface area contributed by atoms with Crippen molar-refractivity contribution in [3.8, 4) is 0 Å². The summed E-state index contributed by atoms with van der Waals surface area (Å²) in [6.07, 6.45) is 0. The number of sulfonamides is 1. The highest BCUT2D eigenvalue weighted by Crippen LogP contribution is 2.30. The first kappa shape index (κ1) is 13.8. The minimum Gasteiger partial charge on any atom is -0.398 e. The standard InChI is InChI=1S/C9H14N2O4S3/c1-7-8(10)6-9(16-7)18(14,15)11-2-4-17(12,13)5-3-11/h6H,2-5,10H2,1H3. The summed E-state index contributed by atoms with van der Waals surface area (Å²) in [5.41, 5.74) is 6.09. The molecule has 0 aromatic carbocycles. The number of aryl methyl sites for hydroxylation is 1. The zero-order valence-electron chi connectivity index (χ0n) is 9.79. The van der Waals surface area contributed by atoms with E-state index >= 15 is 0 Å². The van der Waals surface area contributed by atoms with Crippen molar-refractivity contribution < 1.29 is 16.8 Å². The molecule has 18 heavy (non-hydrogen) atoms. The average Bonchev–Trinajstić information content (AvgIpc) is 2.59. The molecule has 1 aromatic rings. The molecule has 1 saturated heterocycles. The number of thiophene rings is 1. The van der Waals surface area contributed by atoms with Gasteiger partial charge in [0.15, 0.2) is 9.84 Å². The second kappa shape index (κ2) is 4.48. The molecule has 2 heterocycles. The molecule has 0 aliphatic carbocycles. The minimum atomic E-state index is -3.61. The molecule has 1 aliphatic heterocycles. The number of rotatable bonds is 2. The van der Waals surface area contributed by atoms with Gasteiger partial charge >= 0.3 is 0 Å². The van der Waals surface area contributed by atoms with Crippen LogP contribution in [0.5, 0.6) is 0 Å². The summed E-state index contributed by atoms with van der Waals surface area (Å²) in [4.78, 5) is 0.748. The zero-order valence-corrected chi connectivity index (χ0v) is 12.2. The van der Waals surface area contributed by atoms with Crippen LogP contribution < -0.4 is 5.73 Å². The lowest BCUT2D eigenvalue weighted by Crippen LogP contribution is -2.43. The predicted molar refractivity (Wildman–Crippen MR) is 70.9 cm³/mol. The maximum absolute atomic E-state index is 12.2. The molecule has 0 saturated carbocycles. The summed E-state index contributed by atoms with van der Waals surface area (Å²) in [7, 11) is -6.69. The number of nitrogens with zero attached hydrogens (tertiary/aromatic N) is 1. The second-order valence-corrected chi connectivity index (χ2v) is 9.86. The number of nitrogen functional groups attached to an aromatic ring is 1. The van der Waals surface area contributed by atoms with Crippen molar-refractivity contribution in [2.45, 2.75) is 11.1 Å². The predicted octanol–water partition coefficient (Wildman–Crippen LogP) is 0.0578. The Hall–Kier alpha value is -0.640. The van der Waals surface area contributed by atoms with Gasteiger partial charge in [0.05, 0.1) is 11.5 Å². The van der Waals surface area contributed by atoms with E-state index in [0.717, 1.165) is 16.2 Å². The van der Waals surface area contributed by atoms with E-state index in [2.05, 4.69) is 0 Å². The molecule has 102 valence electrons. The van der Waals surface area contributed by atoms with Crippen molar-refractivity contribution in [3.05, 3.63) is 10.9 Å². The van der Waals surface area contributed by atoms with E-state index in [1.165, 1.54) is 10.4 Å². The lowest BCUT2D eigenvalue weighted by atomic mass is 10.4. The summed E-state index contributed by atoms with van der Waals surface area (Å²) in [6.45, 7) is 1.78. The molecule has 2 rings (SSSR count). The lowest BCUT2D eigenvalue weighted by molar-refractivity contribution is 0.432. The van der Waals surface area contributed by atoms with E-state index in [1.54, 1.807) is 6.92 Å². The number of hydrogen-bond acceptors (Lipinski definition) is 6. The molecule has 1 aromatic heterocycles. The molecule has 0 bridgehead atoms. The highest BCUT2D eigenvalue weighted by Gasteiger charge is 2.32. The van der Waals surface area contributed by atoms with Crippen molar-refractivity contribution >= 4 is 36.9 Å². The van der Waals surface area contributed by atoms with Crippen LogP contribution in [0.4, 0.5) is 5.69 Å². The van der Waals surface area contributed by atoms with Crippen LogP contribution in [-0.2, 0) is 19.9 Å². The highest BCUT2D eigenvalue weighted by atomic mass is 32.2. The Balaban J connectivity index is 2.28. The van der Waals surface area contributed by atoms with Crippen LogP contribution in [-0.4, -0.2) is 45.7 Å². The van der Waals surface area contributed by atoms with Crippen LogP contribution in [0, 0.1) is 6.92 Å². The largest absolute Gasteiger partial charge is 0.398 e. The zero-order chi connectivity index (χ0) is 13.6. The van der Waals surface area contributed by atoms with Gasteiger partial charge in [-0.15, -0.1) is 11.3 Å². The fourth-order valence-corrected chi connectivity index (χ4v) is 6.06. The van der Waals surface area contributed by atoms with Crippen molar-refractivity contribution in [1.29, 1.82) is 0 Å². The van der Waals surface area contributed by atoms with Gasteiger partial charge in [-0.3, -0.25) is 0 Å². The second-order valence-electron chi connectivity index (χ2n) is 4.13. The molecule has 1 fully saturated rings. The maximum atomic E-state index is 12.2. The minimum absolute atomic E-state index is 0.0154. The summed E-state index contributed by atoms with van der Waals surface area (Å²) in [6, 6.07) is 1.43. The molecule has 6 nitrogen and oxygen atoms in total. The van der Waals surface area contributed by atoms with Crippen molar-refractivity contribution in [2.24, 2.45) is 0 Å². The Morgan fingerprint density at radius 1 is 1.33 bits per heavy atom. The molecule has 1 aliphatic rings. The third kappa shape index (κ3) is 2.53. The first-order chi connectivity index (χ1) is 8.22. The van der Waals surface area contributed by atoms with Crippen LogP contribution in [0.1, 0.15) is 4.88 Å². The molecule has 0 radical (unpaired) electrons. The van der Waals surface area contributed by atoms with Gasteiger partial charge in [0.2, 0.25) is 0 Å². The third-order valence-electron chi connectivity index (χ3n) is 2.83. The molecule has 0 spiro atoms. The lowest BCUT2D eigenvalue weighted by Gasteiger charge is -2.25. The third-order valence-corrected chi connectivity index (χ3v) is 7.85. The van der Waals surface area contributed by atoms with Crippen LogP contribution in [0.15, 0.2) is 10.3 Å². The fraction of sp³-hybridized carbons (Fsp3) is 0.556. The number of hydrogen-bond donors (Lipinski definition) is 1. The van der Waals surface area contributed by atoms with Gasteiger partial charge < -0.3 is 5.73 Å². The van der Waals surface area contributed by atoms with Gasteiger partial charge in [-0.05, 0) is 13.0 Å². The van der Waals surface area contributed by atoms with Gasteiger partial charge in [0.1, 0.15) is 4.21 Å². The normalized spacial score (nSPS) is 20.9. The van der Waals surface area contributed by atoms with E-state index < -0.39 is 19.9 Å². The van der Waals surface area contributed by atoms with Crippen molar-refractivity contribution in [3.63, 3.8) is 0 Å². The van der Waals surface area contributed by atoms with Crippen LogP contribution in [0.25, 0.3) is 0 Å². The fourth-order valence-electron chi connectivity index (χ4n) is 1.66. The smallest absolute Gasteiger partial charge is 0.252 e. The van der Waals surface area contributed by atoms with Gasteiger partial charge in [-0.2, -0.15) is 4.31 Å². The topological polar surface area (TPSA) is 97.5 Å². The molecular formula is C9H14N2O4S3. The molecule has 0 amide bonds. The van der Waals surface area contributed by atoms with E-state index in [0.29, 0.717) is 5.69 Å². The van der Waals surface area contributed by atoms with Crippen LogP contribution >= 0.6 is 11.3 Å². The summed E-state index contributed by atoms with van der Waals surface area (Å²) in [5.74, 6) is -0.238. The first-order valence-corrected chi connectivity index (χ1v) is 9.37. The Morgan fingerprint density at radius 2 is 1.89 bits per heavy atom. The quantitative estimate of drug-likeness (QED) is 0.833. The van der Waals surface area contributed by atoms with E-state index in [-0.39, 0.29) is 28.8 Å². The van der Waals surface area contributed by atoms with Gasteiger partial charge in [-0.25, -0.2) is 16.8 Å². The van der Waals surface area contributed by atoms with Crippen LogP contribution in [0.2, 0.25) is 0 Å². The molecule has 2 N–H and O–H groups in total. The average molecular weight is 310 g/mol. The molecule has 0 unspecified atom stereocenters. The maximum Gasteiger partial charge on any atom is 0.252 e. The molecular weight excluding hydrogens is 296 g/mol. The Morgan fingerprint density at radius 3 is 2.33 bits per heavy atom. The number of anilines is 1. The Labute approximate surface area is 110 Å². The van der Waals surface area contributed by atoms with E-state index in [1.807, 2.05) is 0 Å². The number of sulfone groups is 1. The summed E-state index contributed by atoms with van der Waals surface area (Å²) in [5, 5.41) is 0. The molecule has 9 heteroatoms. The monoisotopic (exact) mass is 310 g/mol. The first-order valence-electron chi connectivity index (χ1n) is 5.29. The summed E-state index contributed by atoms with van der Waals surface area (Å²) < 4.78 is 48.4. The molecule has 0 atom stereocenters. The highest BCUT2D eigenvalue weighted by molar-refractivity contribution is 7.92.